The summed E-state index contributed by atoms with van der Waals surface area (Å²) in [6, 6.07) is 0. The summed E-state index contributed by atoms with van der Waals surface area (Å²) in [5.41, 5.74) is 0. The Bertz CT molecular complexity index is 468. The lowest BCUT2D eigenvalue weighted by Crippen LogP contribution is -2.20. The van der Waals surface area contributed by atoms with Crippen molar-refractivity contribution in [2.24, 2.45) is 11.8 Å². The van der Waals surface area contributed by atoms with Crippen LogP contribution in [0.25, 0.3) is 0 Å². The number of nitrogens with zero attached hydrogens (tertiary/aromatic N) is 1. The summed E-state index contributed by atoms with van der Waals surface area (Å²) in [5.74, 6) is 1.96. The summed E-state index contributed by atoms with van der Waals surface area (Å²) < 4.78 is 0. The van der Waals surface area contributed by atoms with Crippen molar-refractivity contribution in [3.63, 3.8) is 0 Å². The number of hydrogen-bond acceptors (Lipinski definition) is 1. The van der Waals surface area contributed by atoms with E-state index in [0.717, 1.165) is 11.8 Å². The highest BCUT2D eigenvalue weighted by molar-refractivity contribution is 4.66. The highest BCUT2D eigenvalue weighted by Gasteiger charge is 2.06. The zero-order valence-electron chi connectivity index (χ0n) is 40.8. The van der Waals surface area contributed by atoms with Crippen molar-refractivity contribution in [2.45, 2.75) is 290 Å². The van der Waals surface area contributed by atoms with Gasteiger partial charge in [-0.1, -0.05) is 270 Å². The molecule has 0 radical (unpaired) electrons. The van der Waals surface area contributed by atoms with Crippen LogP contribution in [0, 0.1) is 11.8 Å². The molecular formula is C51H115N. The molecule has 2 unspecified atom stereocenters. The van der Waals surface area contributed by atoms with Crippen LogP contribution in [0.15, 0.2) is 12.7 Å². The van der Waals surface area contributed by atoms with E-state index in [0.29, 0.717) is 0 Å². The first kappa shape index (κ1) is 66.5. The first-order chi connectivity index (χ1) is 25.3. The van der Waals surface area contributed by atoms with Gasteiger partial charge in [-0.25, -0.2) is 0 Å². The Hall–Kier alpha value is -0.300. The molecule has 0 aromatic carbocycles. The van der Waals surface area contributed by atoms with E-state index >= 15 is 0 Å². The molecule has 0 rings (SSSR count). The Morgan fingerprint density at radius 3 is 1.10 bits per heavy atom. The Morgan fingerprint density at radius 2 is 0.750 bits per heavy atom. The summed E-state index contributed by atoms with van der Waals surface area (Å²) in [5, 5.41) is 0. The van der Waals surface area contributed by atoms with Crippen molar-refractivity contribution in [3.8, 4) is 0 Å². The molecule has 0 aromatic rings. The standard InChI is InChI=1S/C27H55N.C10H22.C4H10.2C3H8.2C2H6/c1-5-8-10-12-15-19-23-27(7-3)24-20-16-13-14-18-22-26-28(4)25-21-17-11-9-6-2;1-4-6-7-8-9-10(3)5-2;1-3-4-2;2*1-3-2;2*1-2/h6,27H,2,5,7-26H2,1,3-4H3;10H,4-9H2,1-3H3;3-4H2,1-2H3;2*3H2,1-2H3;2*1-2H3. The molecule has 1 heteroatoms. The number of allylic oxidation sites excluding steroid dienone is 1. The minimum atomic E-state index is 0.955. The smallest absolute Gasteiger partial charge is 0.00218 e. The van der Waals surface area contributed by atoms with Gasteiger partial charge in [-0.3, -0.25) is 0 Å². The van der Waals surface area contributed by atoms with Gasteiger partial charge in [0.1, 0.15) is 0 Å². The van der Waals surface area contributed by atoms with Crippen LogP contribution in [0.5, 0.6) is 0 Å². The van der Waals surface area contributed by atoms with Gasteiger partial charge in [0.05, 0.1) is 0 Å². The second-order valence-corrected chi connectivity index (χ2v) is 15.0. The normalized spacial score (nSPS) is 10.9. The van der Waals surface area contributed by atoms with Gasteiger partial charge in [0.25, 0.3) is 0 Å². The second kappa shape index (κ2) is 75.6. The Labute approximate surface area is 338 Å². The molecule has 0 spiro atoms. The monoisotopic (exact) mass is 742 g/mol. The molecule has 1 nitrogen and oxygen atoms in total. The maximum absolute atomic E-state index is 3.80. The van der Waals surface area contributed by atoms with Gasteiger partial charge in [0, 0.05) is 0 Å². The molecule has 0 saturated carbocycles. The van der Waals surface area contributed by atoms with Crippen molar-refractivity contribution in [1.82, 2.24) is 4.90 Å². The molecule has 0 aliphatic rings. The molecule has 324 valence electrons. The third kappa shape index (κ3) is 87.5. The zero-order valence-corrected chi connectivity index (χ0v) is 40.8. The summed E-state index contributed by atoms with van der Waals surface area (Å²) in [7, 11) is 2.29. The predicted molar refractivity (Wildman–Crippen MR) is 254 cm³/mol. The van der Waals surface area contributed by atoms with Gasteiger partial charge in [-0.2, -0.15) is 0 Å². The fourth-order valence-electron chi connectivity index (χ4n) is 5.37. The number of unbranched alkanes of at least 4 members (excludes halogenated alkanes) is 17. The van der Waals surface area contributed by atoms with Gasteiger partial charge in [-0.05, 0) is 57.7 Å². The minimum Gasteiger partial charge on any atom is -0.306 e. The SMILES string of the molecule is C=CCCCCCN(C)CCCCCCCCC(CC)CCCCCCCC.CC.CC.CCC.CCC.CCCC.CCCCCCC(C)CC. The van der Waals surface area contributed by atoms with Crippen molar-refractivity contribution >= 4 is 0 Å². The number of rotatable bonds is 30. The van der Waals surface area contributed by atoms with E-state index < -0.39 is 0 Å². The molecule has 0 aromatic heterocycles. The van der Waals surface area contributed by atoms with Gasteiger partial charge in [0.2, 0.25) is 0 Å². The van der Waals surface area contributed by atoms with Crippen LogP contribution < -0.4 is 0 Å². The molecule has 0 aliphatic heterocycles. The van der Waals surface area contributed by atoms with E-state index in [1.165, 1.54) is 199 Å². The fraction of sp³-hybridized carbons (Fsp3) is 0.961. The fourth-order valence-corrected chi connectivity index (χ4v) is 5.37. The lowest BCUT2D eigenvalue weighted by molar-refractivity contribution is 0.314. The van der Waals surface area contributed by atoms with Crippen LogP contribution in [-0.4, -0.2) is 25.0 Å². The van der Waals surface area contributed by atoms with Crippen LogP contribution in [-0.2, 0) is 0 Å². The highest BCUT2D eigenvalue weighted by atomic mass is 15.1. The molecule has 0 amide bonds. The average Bonchev–Trinajstić information content (AvgIpc) is 3.17. The zero-order chi connectivity index (χ0) is 41.4. The Balaban J connectivity index is -0.000000137. The van der Waals surface area contributed by atoms with Crippen LogP contribution in [0.3, 0.4) is 0 Å². The summed E-state index contributed by atoms with van der Waals surface area (Å²) in [6.45, 7) is 38.8. The van der Waals surface area contributed by atoms with Gasteiger partial charge in [-0.15, -0.1) is 6.58 Å². The van der Waals surface area contributed by atoms with E-state index in [1.54, 1.807) is 0 Å². The summed E-state index contributed by atoms with van der Waals surface area (Å²) in [4.78, 5) is 2.53. The first-order valence-electron chi connectivity index (χ1n) is 24.6. The molecule has 0 N–H and O–H groups in total. The molecule has 2 atom stereocenters. The van der Waals surface area contributed by atoms with Crippen molar-refractivity contribution < 1.29 is 0 Å². The maximum atomic E-state index is 3.80. The lowest BCUT2D eigenvalue weighted by atomic mass is 9.92. The molecule has 52 heavy (non-hydrogen) atoms. The number of hydrogen-bond donors (Lipinski definition) is 0. The molecule has 0 heterocycles. The first-order valence-corrected chi connectivity index (χ1v) is 24.6. The van der Waals surface area contributed by atoms with E-state index in [4.69, 9.17) is 0 Å². The quantitative estimate of drug-likeness (QED) is 0.0523. The topological polar surface area (TPSA) is 3.24 Å². The minimum absolute atomic E-state index is 0.955. The van der Waals surface area contributed by atoms with E-state index in [9.17, 15) is 0 Å². The molecule has 0 aliphatic carbocycles. The molecular weight excluding hydrogens is 627 g/mol. The predicted octanol–water partition coefficient (Wildman–Crippen LogP) is 19.9. The van der Waals surface area contributed by atoms with E-state index in [1.807, 2.05) is 33.8 Å². The average molecular weight is 742 g/mol. The molecule has 0 bridgehead atoms. The van der Waals surface area contributed by atoms with Crippen molar-refractivity contribution in [3.05, 3.63) is 12.7 Å². The van der Waals surface area contributed by atoms with Crippen LogP contribution >= 0.6 is 0 Å². The van der Waals surface area contributed by atoms with E-state index in [-0.39, 0.29) is 0 Å². The Morgan fingerprint density at radius 1 is 0.423 bits per heavy atom. The summed E-state index contributed by atoms with van der Waals surface area (Å²) >= 11 is 0. The van der Waals surface area contributed by atoms with E-state index in [2.05, 4.69) is 94.7 Å². The largest absolute Gasteiger partial charge is 0.306 e. The third-order valence-corrected chi connectivity index (χ3v) is 9.14. The van der Waals surface area contributed by atoms with Crippen LogP contribution in [0.4, 0.5) is 0 Å². The Kier molecular flexibility index (Phi) is 96.7. The maximum Gasteiger partial charge on any atom is -0.00218 e. The van der Waals surface area contributed by atoms with Gasteiger partial charge in [0.15, 0.2) is 0 Å². The van der Waals surface area contributed by atoms with Crippen LogP contribution in [0.2, 0.25) is 0 Å². The lowest BCUT2D eigenvalue weighted by Gasteiger charge is -2.16. The van der Waals surface area contributed by atoms with Gasteiger partial charge < -0.3 is 4.90 Å². The van der Waals surface area contributed by atoms with Gasteiger partial charge >= 0.3 is 0 Å². The molecule has 0 saturated heterocycles. The third-order valence-electron chi connectivity index (χ3n) is 9.14. The van der Waals surface area contributed by atoms with Crippen LogP contribution in [0.1, 0.15) is 290 Å². The second-order valence-electron chi connectivity index (χ2n) is 15.0. The molecule has 0 fully saturated rings. The van der Waals surface area contributed by atoms with Crippen molar-refractivity contribution in [1.29, 1.82) is 0 Å². The highest BCUT2D eigenvalue weighted by Crippen LogP contribution is 2.21. The van der Waals surface area contributed by atoms with Crippen molar-refractivity contribution in [2.75, 3.05) is 20.1 Å². The summed E-state index contributed by atoms with van der Waals surface area (Å²) in [6.07, 6.45) is 42.6.